The summed E-state index contributed by atoms with van der Waals surface area (Å²) in [5.74, 6) is -0.0378. The van der Waals surface area contributed by atoms with Crippen molar-refractivity contribution in [3.8, 4) is 5.75 Å². The van der Waals surface area contributed by atoms with Gasteiger partial charge in [-0.1, -0.05) is 13.0 Å². The molecule has 1 aliphatic rings. The molecule has 1 fully saturated rings. The molecule has 0 unspecified atom stereocenters. The molecule has 0 saturated carbocycles. The largest absolute Gasteiger partial charge is 0.497 e. The van der Waals surface area contributed by atoms with Gasteiger partial charge in [0.15, 0.2) is 0 Å². The van der Waals surface area contributed by atoms with Gasteiger partial charge in [-0.3, -0.25) is 14.4 Å². The maximum absolute atomic E-state index is 12.8. The van der Waals surface area contributed by atoms with Crippen LogP contribution in [0.4, 0.5) is 0 Å². The molecule has 0 aliphatic carbocycles. The van der Waals surface area contributed by atoms with Gasteiger partial charge in [-0.2, -0.15) is 0 Å². The van der Waals surface area contributed by atoms with E-state index < -0.39 is 6.04 Å². The quantitative estimate of drug-likeness (QED) is 0.644. The number of hydrogen-bond acceptors (Lipinski definition) is 5. The van der Waals surface area contributed by atoms with Crippen LogP contribution in [-0.4, -0.2) is 69.1 Å². The maximum Gasteiger partial charge on any atom is 0.252 e. The fraction of sp³-hybridized carbons (Fsp3) is 0.571. The number of nitrogens with one attached hydrogen (secondary N) is 2. The van der Waals surface area contributed by atoms with E-state index in [9.17, 15) is 14.4 Å². The summed E-state index contributed by atoms with van der Waals surface area (Å²) in [5, 5.41) is 5.78. The lowest BCUT2D eigenvalue weighted by atomic mass is 9.88. The lowest BCUT2D eigenvalue weighted by Crippen LogP contribution is -2.54. The zero-order valence-electron chi connectivity index (χ0n) is 17.4. The van der Waals surface area contributed by atoms with Gasteiger partial charge in [0, 0.05) is 32.3 Å². The highest BCUT2D eigenvalue weighted by Crippen LogP contribution is 2.22. The van der Waals surface area contributed by atoms with Gasteiger partial charge in [0.1, 0.15) is 18.4 Å². The molecule has 1 aromatic carbocycles. The first-order valence-corrected chi connectivity index (χ1v) is 9.99. The van der Waals surface area contributed by atoms with Crippen LogP contribution in [0.3, 0.4) is 0 Å². The normalized spacial score (nSPS) is 15.5. The number of methoxy groups -OCH3 is 2. The van der Waals surface area contributed by atoms with Gasteiger partial charge in [0.2, 0.25) is 11.8 Å². The third kappa shape index (κ3) is 6.45. The summed E-state index contributed by atoms with van der Waals surface area (Å²) in [7, 11) is 3.03. The van der Waals surface area contributed by atoms with Crippen molar-refractivity contribution in [3.05, 3.63) is 29.8 Å². The molecule has 0 radical (unpaired) electrons. The first-order valence-electron chi connectivity index (χ1n) is 9.99. The topological polar surface area (TPSA) is 97.0 Å². The summed E-state index contributed by atoms with van der Waals surface area (Å²) in [4.78, 5) is 39.3. The van der Waals surface area contributed by atoms with Crippen molar-refractivity contribution in [1.29, 1.82) is 0 Å². The maximum atomic E-state index is 12.8. The van der Waals surface area contributed by atoms with E-state index in [4.69, 9.17) is 9.47 Å². The van der Waals surface area contributed by atoms with Gasteiger partial charge in [-0.25, -0.2) is 0 Å². The molecule has 3 amide bonds. The van der Waals surface area contributed by atoms with Gasteiger partial charge < -0.3 is 25.0 Å². The predicted molar refractivity (Wildman–Crippen MR) is 109 cm³/mol. The first kappa shape index (κ1) is 22.7. The van der Waals surface area contributed by atoms with E-state index in [1.165, 1.54) is 14.2 Å². The van der Waals surface area contributed by atoms with Crippen LogP contribution in [0, 0.1) is 5.92 Å². The number of benzene rings is 1. The summed E-state index contributed by atoms with van der Waals surface area (Å²) >= 11 is 0. The number of rotatable bonds is 9. The zero-order chi connectivity index (χ0) is 21.2. The van der Waals surface area contributed by atoms with Crippen molar-refractivity contribution < 1.29 is 23.9 Å². The van der Waals surface area contributed by atoms with Crippen LogP contribution in [0.5, 0.6) is 5.75 Å². The Labute approximate surface area is 171 Å². The molecule has 1 aliphatic heterocycles. The van der Waals surface area contributed by atoms with Crippen molar-refractivity contribution in [3.63, 3.8) is 0 Å². The molecule has 160 valence electrons. The van der Waals surface area contributed by atoms with Crippen LogP contribution in [0.25, 0.3) is 0 Å². The highest BCUT2D eigenvalue weighted by atomic mass is 16.5. The summed E-state index contributed by atoms with van der Waals surface area (Å²) in [6.07, 6.45) is 2.09. The molecule has 0 aromatic heterocycles. The SMILES string of the molecule is CCCNC(=O)[C@H](NC(=O)c1cccc(OC)c1)C1CCN(C(=O)COC)CC1. The van der Waals surface area contributed by atoms with Crippen LogP contribution in [0.1, 0.15) is 36.5 Å². The Morgan fingerprint density at radius 1 is 1.21 bits per heavy atom. The number of hydrogen-bond donors (Lipinski definition) is 2. The third-order valence-corrected chi connectivity index (χ3v) is 5.08. The number of likely N-dealkylation sites (tertiary alicyclic amines) is 1. The monoisotopic (exact) mass is 405 g/mol. The van der Waals surface area contributed by atoms with Crippen LogP contribution >= 0.6 is 0 Å². The van der Waals surface area contributed by atoms with Crippen molar-refractivity contribution in [2.45, 2.75) is 32.2 Å². The van der Waals surface area contributed by atoms with E-state index >= 15 is 0 Å². The van der Waals surface area contributed by atoms with Crippen molar-refractivity contribution >= 4 is 17.7 Å². The van der Waals surface area contributed by atoms with Gasteiger partial charge in [-0.15, -0.1) is 0 Å². The summed E-state index contributed by atoms with van der Waals surface area (Å²) < 4.78 is 10.1. The molecular formula is C21H31N3O5. The molecule has 2 N–H and O–H groups in total. The Morgan fingerprint density at radius 3 is 2.55 bits per heavy atom. The Hall–Kier alpha value is -2.61. The average molecular weight is 405 g/mol. The number of carbonyl (C=O) groups excluding carboxylic acids is 3. The molecule has 0 spiro atoms. The number of ether oxygens (including phenoxy) is 2. The van der Waals surface area contributed by atoms with E-state index in [-0.39, 0.29) is 30.2 Å². The summed E-state index contributed by atoms with van der Waals surface area (Å²) in [5.41, 5.74) is 0.436. The molecule has 1 atom stereocenters. The Morgan fingerprint density at radius 2 is 1.93 bits per heavy atom. The minimum absolute atomic E-state index is 0.0481. The number of amides is 3. The van der Waals surface area contributed by atoms with Crippen molar-refractivity contribution in [2.24, 2.45) is 5.92 Å². The second-order valence-electron chi connectivity index (χ2n) is 7.13. The Balaban J connectivity index is 2.08. The molecule has 2 rings (SSSR count). The lowest BCUT2D eigenvalue weighted by Gasteiger charge is -2.35. The minimum atomic E-state index is -0.653. The van der Waals surface area contributed by atoms with E-state index in [2.05, 4.69) is 10.6 Å². The van der Waals surface area contributed by atoms with Crippen LogP contribution < -0.4 is 15.4 Å². The fourth-order valence-corrected chi connectivity index (χ4v) is 3.44. The molecule has 29 heavy (non-hydrogen) atoms. The molecule has 8 heteroatoms. The van der Waals surface area contributed by atoms with Crippen molar-refractivity contribution in [1.82, 2.24) is 15.5 Å². The van der Waals surface area contributed by atoms with Gasteiger partial charge in [0.25, 0.3) is 5.91 Å². The Bertz CT molecular complexity index is 701. The lowest BCUT2D eigenvalue weighted by molar-refractivity contribution is -0.136. The highest BCUT2D eigenvalue weighted by Gasteiger charge is 2.33. The molecule has 1 saturated heterocycles. The standard InChI is InChI=1S/C21H31N3O5/c1-4-10-22-21(27)19(15-8-11-24(12-9-15)18(25)14-28-2)23-20(26)16-6-5-7-17(13-16)29-3/h5-7,13,15,19H,4,8-12,14H2,1-3H3,(H,22,27)(H,23,26)/t19-/m1/s1. The smallest absolute Gasteiger partial charge is 0.252 e. The van der Waals surface area contributed by atoms with E-state index in [0.29, 0.717) is 43.8 Å². The average Bonchev–Trinajstić information content (AvgIpc) is 2.76. The number of nitrogens with zero attached hydrogens (tertiary/aromatic N) is 1. The number of carbonyl (C=O) groups is 3. The van der Waals surface area contributed by atoms with Gasteiger partial charge in [-0.05, 0) is 43.4 Å². The minimum Gasteiger partial charge on any atom is -0.497 e. The molecule has 0 bridgehead atoms. The fourth-order valence-electron chi connectivity index (χ4n) is 3.44. The highest BCUT2D eigenvalue weighted by molar-refractivity contribution is 5.98. The van der Waals surface area contributed by atoms with E-state index in [0.717, 1.165) is 6.42 Å². The first-order chi connectivity index (χ1) is 14.0. The van der Waals surface area contributed by atoms with E-state index in [1.54, 1.807) is 29.2 Å². The number of piperidine rings is 1. The van der Waals surface area contributed by atoms with Crippen LogP contribution in [0.2, 0.25) is 0 Å². The second kappa shape index (κ2) is 11.4. The Kier molecular flexibility index (Phi) is 8.92. The molecule has 1 aromatic rings. The molecule has 1 heterocycles. The van der Waals surface area contributed by atoms with Gasteiger partial charge in [0.05, 0.1) is 7.11 Å². The van der Waals surface area contributed by atoms with Crippen LogP contribution in [-0.2, 0) is 14.3 Å². The van der Waals surface area contributed by atoms with E-state index in [1.807, 2.05) is 6.92 Å². The molecular weight excluding hydrogens is 374 g/mol. The second-order valence-corrected chi connectivity index (χ2v) is 7.13. The molecule has 8 nitrogen and oxygen atoms in total. The summed E-state index contributed by atoms with van der Waals surface area (Å²) in [6, 6.07) is 6.17. The zero-order valence-corrected chi connectivity index (χ0v) is 17.4. The third-order valence-electron chi connectivity index (χ3n) is 5.08. The van der Waals surface area contributed by atoms with Gasteiger partial charge >= 0.3 is 0 Å². The predicted octanol–water partition coefficient (Wildman–Crippen LogP) is 1.20. The van der Waals surface area contributed by atoms with Crippen molar-refractivity contribution in [2.75, 3.05) is 40.5 Å². The summed E-state index contributed by atoms with van der Waals surface area (Å²) in [6.45, 7) is 3.66. The van der Waals surface area contributed by atoms with Crippen LogP contribution in [0.15, 0.2) is 24.3 Å².